The van der Waals surface area contributed by atoms with Crippen LogP contribution in [0.4, 0.5) is 0 Å². The van der Waals surface area contributed by atoms with Gasteiger partial charge in [-0.3, -0.25) is 4.79 Å². The average Bonchev–Trinajstić information content (AvgIpc) is 3.36. The van der Waals surface area contributed by atoms with Crippen molar-refractivity contribution < 1.29 is 42.8 Å². The molecule has 0 saturated heterocycles. The number of fused-ring (bicyclic) bond motifs is 3. The molecule has 0 atom stereocenters. The van der Waals surface area contributed by atoms with Crippen LogP contribution in [0.5, 0.6) is 28.7 Å². The number of unbranched alkanes of at least 4 members (excludes halogenated alkanes) is 6. The van der Waals surface area contributed by atoms with Crippen LogP contribution in [0.1, 0.15) is 90.1 Å². The van der Waals surface area contributed by atoms with Crippen molar-refractivity contribution in [3.8, 4) is 28.7 Å². The van der Waals surface area contributed by atoms with Crippen LogP contribution in [-0.2, 0) is 22.7 Å². The maximum atomic E-state index is 13.0. The molecule has 0 saturated carbocycles. The van der Waals surface area contributed by atoms with Crippen molar-refractivity contribution >= 4 is 51.7 Å². The number of esters is 2. The predicted molar refractivity (Wildman–Crippen MR) is 263 cm³/mol. The highest BCUT2D eigenvalue weighted by atomic mass is 32.2. The molecule has 11 heteroatoms. The van der Waals surface area contributed by atoms with Crippen LogP contribution >= 0.6 is 11.8 Å². The Morgan fingerprint density at radius 1 is 0.567 bits per heavy atom. The highest BCUT2D eigenvalue weighted by Gasteiger charge is 2.14. The van der Waals surface area contributed by atoms with Crippen LogP contribution in [0.25, 0.3) is 21.7 Å². The van der Waals surface area contributed by atoms with Gasteiger partial charge in [0.05, 0.1) is 30.9 Å². The fraction of sp³-hybridized carbons (Fsp3) is 0.250. The van der Waals surface area contributed by atoms with E-state index in [1.165, 1.54) is 25.3 Å². The minimum Gasteiger partial charge on any atom is -0.494 e. The lowest BCUT2D eigenvalue weighted by Crippen LogP contribution is -2.08. The van der Waals surface area contributed by atoms with E-state index in [4.69, 9.17) is 33.4 Å². The first-order valence-electron chi connectivity index (χ1n) is 22.8. The fourth-order valence-corrected chi connectivity index (χ4v) is 8.06. The number of aromatic nitrogens is 1. The van der Waals surface area contributed by atoms with Gasteiger partial charge in [0.25, 0.3) is 0 Å². The molecule has 1 aromatic heterocycles. The first-order valence-corrected chi connectivity index (χ1v) is 23.6. The first-order chi connectivity index (χ1) is 32.9. The Morgan fingerprint density at radius 3 is 1.75 bits per heavy atom. The molecule has 6 aromatic carbocycles. The van der Waals surface area contributed by atoms with Crippen LogP contribution in [0.3, 0.4) is 0 Å². The second-order valence-electron chi connectivity index (χ2n) is 15.9. The van der Waals surface area contributed by atoms with Crippen molar-refractivity contribution in [2.45, 2.75) is 81.4 Å². The largest absolute Gasteiger partial charge is 0.494 e. The zero-order valence-corrected chi connectivity index (χ0v) is 38.6. The lowest BCUT2D eigenvalue weighted by Gasteiger charge is -2.14. The SMILES string of the molecule is C=CC(=O)OCCCCCCOc1ccc(OC(=O)c2ccc(COc3ccc4c(c3)nc(Sc3ccc(OCCCCCC)cc3)c3cc(OCc5ccc(C=O)cc5)ccc34)cc2)cc1. The second-order valence-corrected chi connectivity index (χ2v) is 17.0. The van der Waals surface area contributed by atoms with Gasteiger partial charge < -0.3 is 28.4 Å². The van der Waals surface area contributed by atoms with E-state index in [2.05, 4.69) is 31.7 Å². The van der Waals surface area contributed by atoms with Crippen molar-refractivity contribution in [1.29, 1.82) is 0 Å². The summed E-state index contributed by atoms with van der Waals surface area (Å²) >= 11 is 1.58. The molecular weight excluding hydrogens is 863 g/mol. The monoisotopic (exact) mass is 917 g/mol. The van der Waals surface area contributed by atoms with E-state index in [0.717, 1.165) is 86.9 Å². The summed E-state index contributed by atoms with van der Waals surface area (Å²) in [4.78, 5) is 41.4. The van der Waals surface area contributed by atoms with E-state index in [9.17, 15) is 14.4 Å². The minimum atomic E-state index is -0.465. The molecule has 0 N–H and O–H groups in total. The van der Waals surface area contributed by atoms with Gasteiger partial charge in [0.1, 0.15) is 53.3 Å². The number of pyridine rings is 1. The molecule has 67 heavy (non-hydrogen) atoms. The number of carbonyl (C=O) groups excluding carboxylic acids is 3. The van der Waals surface area contributed by atoms with E-state index in [0.29, 0.717) is 60.6 Å². The zero-order chi connectivity index (χ0) is 46.6. The van der Waals surface area contributed by atoms with Gasteiger partial charge >= 0.3 is 11.9 Å². The predicted octanol–water partition coefficient (Wildman–Crippen LogP) is 13.4. The Hall–Kier alpha value is -7.11. The summed E-state index contributed by atoms with van der Waals surface area (Å²) in [7, 11) is 0. The Morgan fingerprint density at radius 2 is 1.12 bits per heavy atom. The normalized spacial score (nSPS) is 10.9. The Kier molecular flexibility index (Phi) is 17.8. The molecule has 0 unspecified atom stereocenters. The number of aldehydes is 1. The number of carbonyl (C=O) groups is 3. The van der Waals surface area contributed by atoms with Gasteiger partial charge in [-0.1, -0.05) is 80.9 Å². The molecule has 10 nitrogen and oxygen atoms in total. The Balaban J connectivity index is 0.967. The van der Waals surface area contributed by atoms with Crippen molar-refractivity contribution in [1.82, 2.24) is 4.98 Å². The molecule has 0 aliphatic heterocycles. The molecule has 0 aliphatic rings. The van der Waals surface area contributed by atoms with Gasteiger partial charge in [0.15, 0.2) is 0 Å². The zero-order valence-electron chi connectivity index (χ0n) is 37.8. The maximum absolute atomic E-state index is 13.0. The summed E-state index contributed by atoms with van der Waals surface area (Å²) in [6.07, 6.45) is 10.2. The number of benzene rings is 6. The van der Waals surface area contributed by atoms with Crippen LogP contribution in [0.15, 0.2) is 156 Å². The molecule has 0 fully saturated rings. The summed E-state index contributed by atoms with van der Waals surface area (Å²) in [5.41, 5.74) is 3.68. The summed E-state index contributed by atoms with van der Waals surface area (Å²) in [6.45, 7) is 7.89. The highest BCUT2D eigenvalue weighted by molar-refractivity contribution is 7.99. The van der Waals surface area contributed by atoms with E-state index < -0.39 is 11.9 Å². The molecule has 7 rings (SSSR count). The first kappa shape index (κ1) is 47.8. The van der Waals surface area contributed by atoms with Gasteiger partial charge in [-0.2, -0.15) is 0 Å². The van der Waals surface area contributed by atoms with Gasteiger partial charge in [-0.25, -0.2) is 14.6 Å². The van der Waals surface area contributed by atoms with E-state index in [-0.39, 0.29) is 6.61 Å². The van der Waals surface area contributed by atoms with Crippen molar-refractivity contribution in [2.75, 3.05) is 19.8 Å². The molecule has 0 aliphatic carbocycles. The van der Waals surface area contributed by atoms with Gasteiger partial charge in [0.2, 0.25) is 0 Å². The number of nitrogens with zero attached hydrogens (tertiary/aromatic N) is 1. The molecule has 7 aromatic rings. The summed E-state index contributed by atoms with van der Waals surface area (Å²) in [5, 5.41) is 3.80. The topological polar surface area (TPSA) is 119 Å². The van der Waals surface area contributed by atoms with Crippen LogP contribution < -0.4 is 23.7 Å². The lowest BCUT2D eigenvalue weighted by molar-refractivity contribution is -0.137. The van der Waals surface area contributed by atoms with E-state index in [1.807, 2.05) is 66.7 Å². The smallest absolute Gasteiger partial charge is 0.343 e. The number of ether oxygens (including phenoxy) is 6. The summed E-state index contributed by atoms with van der Waals surface area (Å²) in [5.74, 6) is 2.47. The Labute approximate surface area is 396 Å². The molecular formula is C56H55NO9S. The average molecular weight is 918 g/mol. The van der Waals surface area contributed by atoms with Crippen LogP contribution in [0, 0.1) is 0 Å². The summed E-state index contributed by atoms with van der Waals surface area (Å²) in [6, 6.07) is 41.7. The number of hydrogen-bond acceptors (Lipinski definition) is 11. The lowest BCUT2D eigenvalue weighted by atomic mass is 10.1. The van der Waals surface area contributed by atoms with Crippen molar-refractivity contribution in [3.05, 3.63) is 168 Å². The van der Waals surface area contributed by atoms with Crippen LogP contribution in [-0.4, -0.2) is 43.0 Å². The Bertz CT molecular complexity index is 2720. The van der Waals surface area contributed by atoms with Gasteiger partial charge in [-0.05, 0) is 140 Å². The molecule has 1 heterocycles. The van der Waals surface area contributed by atoms with Crippen molar-refractivity contribution in [3.63, 3.8) is 0 Å². The van der Waals surface area contributed by atoms with Crippen LogP contribution in [0.2, 0.25) is 0 Å². The second kappa shape index (κ2) is 25.0. The van der Waals surface area contributed by atoms with E-state index >= 15 is 0 Å². The minimum absolute atomic E-state index is 0.286. The van der Waals surface area contributed by atoms with Crippen molar-refractivity contribution in [2.24, 2.45) is 0 Å². The van der Waals surface area contributed by atoms with Gasteiger partial charge in [-0.15, -0.1) is 0 Å². The molecule has 0 radical (unpaired) electrons. The number of hydrogen-bond donors (Lipinski definition) is 0. The molecule has 0 bridgehead atoms. The third-order valence-corrected chi connectivity index (χ3v) is 11.9. The summed E-state index contributed by atoms with van der Waals surface area (Å²) < 4.78 is 35.0. The molecule has 0 spiro atoms. The highest BCUT2D eigenvalue weighted by Crippen LogP contribution is 2.39. The standard InChI is InChI=1S/C56H55NO9S/c1-3-5-6-9-32-62-45-24-28-49(29-25-45)67-55-52-35-47(64-38-41-14-12-40(37-58)13-15-41)26-30-50(52)51-31-27-48(36-53(51)57-55)65-39-42-16-18-43(19-17-42)56(60)66-46-22-20-44(21-23-46)61-33-10-7-8-11-34-63-54(59)4-2/h4,12-31,35-37H,2-3,5-11,32-34,38-39H2,1H3. The van der Waals surface area contributed by atoms with E-state index in [1.54, 1.807) is 60.3 Å². The quantitative estimate of drug-likeness (QED) is 0.0129. The maximum Gasteiger partial charge on any atom is 0.343 e. The third kappa shape index (κ3) is 14.4. The fourth-order valence-electron chi connectivity index (χ4n) is 7.14. The third-order valence-electron chi connectivity index (χ3n) is 10.9. The van der Waals surface area contributed by atoms with Gasteiger partial charge in [0, 0.05) is 33.4 Å². The number of rotatable bonds is 26. The molecule has 0 amide bonds. The molecule has 344 valence electrons.